The highest BCUT2D eigenvalue weighted by atomic mass is 79.9. The number of aromatic nitrogens is 2. The molecular formula is C20H23BrN4O2. The van der Waals surface area contributed by atoms with Crippen LogP contribution in [0.3, 0.4) is 0 Å². The van der Waals surface area contributed by atoms with Gasteiger partial charge >= 0.3 is 0 Å². The highest BCUT2D eigenvalue weighted by Crippen LogP contribution is 2.29. The van der Waals surface area contributed by atoms with Crippen LogP contribution in [-0.2, 0) is 16.1 Å². The van der Waals surface area contributed by atoms with Gasteiger partial charge in [-0.15, -0.1) is 0 Å². The minimum Gasteiger partial charge on any atom is -0.342 e. The van der Waals surface area contributed by atoms with E-state index in [1.54, 1.807) is 11.1 Å². The fourth-order valence-electron chi connectivity index (χ4n) is 4.03. The molecule has 0 aliphatic carbocycles. The summed E-state index contributed by atoms with van der Waals surface area (Å²) in [4.78, 5) is 29.1. The second-order valence-corrected chi connectivity index (χ2v) is 8.30. The van der Waals surface area contributed by atoms with Crippen LogP contribution in [0.4, 0.5) is 5.69 Å². The summed E-state index contributed by atoms with van der Waals surface area (Å²) in [6.45, 7) is 2.92. The van der Waals surface area contributed by atoms with Gasteiger partial charge in [-0.1, -0.05) is 22.0 Å². The Kier molecular flexibility index (Phi) is 5.29. The van der Waals surface area contributed by atoms with Gasteiger partial charge in [-0.05, 0) is 43.0 Å². The average Bonchev–Trinajstić information content (AvgIpc) is 3.31. The molecule has 0 radical (unpaired) electrons. The van der Waals surface area contributed by atoms with E-state index in [4.69, 9.17) is 0 Å². The Labute approximate surface area is 167 Å². The summed E-state index contributed by atoms with van der Waals surface area (Å²) in [6, 6.07) is 9.61. The predicted molar refractivity (Wildman–Crippen MR) is 106 cm³/mol. The normalized spacial score (nSPS) is 21.1. The number of hydrogen-bond acceptors (Lipinski definition) is 3. The number of nitrogens with zero attached hydrogens (tertiary/aromatic N) is 4. The van der Waals surface area contributed by atoms with E-state index >= 15 is 0 Å². The summed E-state index contributed by atoms with van der Waals surface area (Å²) in [5.41, 5.74) is 0.850. The number of amides is 2. The first-order valence-corrected chi connectivity index (χ1v) is 10.2. The van der Waals surface area contributed by atoms with Crippen molar-refractivity contribution in [2.45, 2.75) is 25.8 Å². The van der Waals surface area contributed by atoms with Crippen LogP contribution in [0, 0.1) is 11.8 Å². The first-order valence-electron chi connectivity index (χ1n) is 9.42. The number of carbonyl (C=O) groups excluding carboxylic acids is 2. The lowest BCUT2D eigenvalue weighted by Crippen LogP contribution is -2.43. The zero-order chi connectivity index (χ0) is 18.8. The SMILES string of the molecule is O=C(C1CC(=O)N(c2cccc(Br)c2)C1)N1CCC(Cn2cccn2)CC1. The smallest absolute Gasteiger partial charge is 0.228 e. The van der Waals surface area contributed by atoms with Crippen molar-refractivity contribution in [1.82, 2.24) is 14.7 Å². The van der Waals surface area contributed by atoms with Gasteiger partial charge in [-0.2, -0.15) is 5.10 Å². The molecule has 27 heavy (non-hydrogen) atoms. The molecule has 0 bridgehead atoms. The highest BCUT2D eigenvalue weighted by molar-refractivity contribution is 9.10. The van der Waals surface area contributed by atoms with Gasteiger partial charge in [0, 0.05) is 55.2 Å². The van der Waals surface area contributed by atoms with Crippen LogP contribution in [0.2, 0.25) is 0 Å². The van der Waals surface area contributed by atoms with Crippen molar-refractivity contribution in [3.63, 3.8) is 0 Å². The van der Waals surface area contributed by atoms with Crippen molar-refractivity contribution in [2.75, 3.05) is 24.5 Å². The number of carbonyl (C=O) groups is 2. The van der Waals surface area contributed by atoms with Gasteiger partial charge < -0.3 is 9.80 Å². The lowest BCUT2D eigenvalue weighted by atomic mass is 9.95. The van der Waals surface area contributed by atoms with Crippen molar-refractivity contribution < 1.29 is 9.59 Å². The zero-order valence-corrected chi connectivity index (χ0v) is 16.7. The molecule has 2 aliphatic heterocycles. The van der Waals surface area contributed by atoms with E-state index < -0.39 is 0 Å². The Bertz CT molecular complexity index is 815. The minimum absolute atomic E-state index is 0.0278. The number of anilines is 1. The maximum atomic E-state index is 12.9. The number of piperidine rings is 1. The Morgan fingerprint density at radius 1 is 1.22 bits per heavy atom. The predicted octanol–water partition coefficient (Wildman–Crippen LogP) is 2.94. The Morgan fingerprint density at radius 2 is 2.04 bits per heavy atom. The van der Waals surface area contributed by atoms with Gasteiger partial charge in [-0.3, -0.25) is 14.3 Å². The molecular weight excluding hydrogens is 408 g/mol. The third-order valence-electron chi connectivity index (χ3n) is 5.52. The molecule has 3 heterocycles. The summed E-state index contributed by atoms with van der Waals surface area (Å²) in [5.74, 6) is 0.467. The van der Waals surface area contributed by atoms with Crippen LogP contribution in [0.1, 0.15) is 19.3 Å². The monoisotopic (exact) mass is 430 g/mol. The van der Waals surface area contributed by atoms with Gasteiger partial charge in [0.2, 0.25) is 11.8 Å². The summed E-state index contributed by atoms with van der Waals surface area (Å²) in [7, 11) is 0. The van der Waals surface area contributed by atoms with Crippen LogP contribution < -0.4 is 4.90 Å². The van der Waals surface area contributed by atoms with Crippen molar-refractivity contribution >= 4 is 33.4 Å². The van der Waals surface area contributed by atoms with Crippen LogP contribution in [0.5, 0.6) is 0 Å². The molecule has 6 nitrogen and oxygen atoms in total. The van der Waals surface area contributed by atoms with Crippen LogP contribution in [-0.4, -0.2) is 46.1 Å². The highest BCUT2D eigenvalue weighted by Gasteiger charge is 2.38. The van der Waals surface area contributed by atoms with E-state index in [-0.39, 0.29) is 17.7 Å². The largest absolute Gasteiger partial charge is 0.342 e. The number of hydrogen-bond donors (Lipinski definition) is 0. The van der Waals surface area contributed by atoms with Crippen LogP contribution in [0.25, 0.3) is 0 Å². The molecule has 2 saturated heterocycles. The first kappa shape index (κ1) is 18.2. The lowest BCUT2D eigenvalue weighted by molar-refractivity contribution is -0.137. The second kappa shape index (κ2) is 7.84. The number of benzene rings is 1. The fourth-order valence-corrected chi connectivity index (χ4v) is 4.42. The average molecular weight is 431 g/mol. The van der Waals surface area contributed by atoms with Gasteiger partial charge in [0.15, 0.2) is 0 Å². The summed E-state index contributed by atoms with van der Waals surface area (Å²) < 4.78 is 2.90. The minimum atomic E-state index is -0.237. The van der Waals surface area contributed by atoms with Crippen LogP contribution in [0.15, 0.2) is 47.2 Å². The van der Waals surface area contributed by atoms with Gasteiger partial charge in [-0.25, -0.2) is 0 Å². The maximum absolute atomic E-state index is 12.9. The van der Waals surface area contributed by atoms with E-state index in [0.717, 1.165) is 42.6 Å². The number of halogens is 1. The molecule has 0 spiro atoms. The molecule has 4 rings (SSSR count). The van der Waals surface area contributed by atoms with Crippen molar-refractivity contribution in [2.24, 2.45) is 11.8 Å². The lowest BCUT2D eigenvalue weighted by Gasteiger charge is -2.33. The molecule has 2 fully saturated rings. The molecule has 142 valence electrons. The Hall–Kier alpha value is -2.15. The van der Waals surface area contributed by atoms with E-state index in [1.807, 2.05) is 46.1 Å². The molecule has 1 aromatic carbocycles. The topological polar surface area (TPSA) is 58.4 Å². The summed E-state index contributed by atoms with van der Waals surface area (Å²) >= 11 is 3.44. The number of rotatable bonds is 4. The maximum Gasteiger partial charge on any atom is 0.228 e. The molecule has 1 atom stereocenters. The van der Waals surface area contributed by atoms with Crippen molar-refractivity contribution in [1.29, 1.82) is 0 Å². The Balaban J connectivity index is 1.33. The second-order valence-electron chi connectivity index (χ2n) is 7.38. The van der Waals surface area contributed by atoms with Crippen molar-refractivity contribution in [3.8, 4) is 0 Å². The standard InChI is InChI=1S/C20H23BrN4O2/c21-17-3-1-4-18(12-17)25-14-16(11-19(25)26)20(27)23-9-5-15(6-10-23)13-24-8-2-7-22-24/h1-4,7-8,12,15-16H,5-6,9-11,13-14H2. The van der Waals surface area contributed by atoms with Crippen molar-refractivity contribution in [3.05, 3.63) is 47.2 Å². The van der Waals surface area contributed by atoms with E-state index in [0.29, 0.717) is 18.9 Å². The molecule has 2 aliphatic rings. The zero-order valence-electron chi connectivity index (χ0n) is 15.1. The quantitative estimate of drug-likeness (QED) is 0.748. The molecule has 1 aromatic heterocycles. The third kappa shape index (κ3) is 4.08. The van der Waals surface area contributed by atoms with E-state index in [9.17, 15) is 9.59 Å². The van der Waals surface area contributed by atoms with Crippen LogP contribution >= 0.6 is 15.9 Å². The molecule has 2 amide bonds. The molecule has 0 N–H and O–H groups in total. The van der Waals surface area contributed by atoms with E-state index in [2.05, 4.69) is 21.0 Å². The first-order chi connectivity index (χ1) is 13.1. The fraction of sp³-hybridized carbons (Fsp3) is 0.450. The summed E-state index contributed by atoms with van der Waals surface area (Å²) in [6.07, 6.45) is 6.06. The van der Waals surface area contributed by atoms with Gasteiger partial charge in [0.25, 0.3) is 0 Å². The molecule has 1 unspecified atom stereocenters. The number of likely N-dealkylation sites (tertiary alicyclic amines) is 1. The Morgan fingerprint density at radius 3 is 2.74 bits per heavy atom. The van der Waals surface area contributed by atoms with Gasteiger partial charge in [0.1, 0.15) is 0 Å². The van der Waals surface area contributed by atoms with E-state index in [1.165, 1.54) is 0 Å². The molecule has 7 heteroatoms. The molecule has 2 aromatic rings. The molecule has 0 saturated carbocycles. The van der Waals surface area contributed by atoms with Gasteiger partial charge in [0.05, 0.1) is 5.92 Å². The summed E-state index contributed by atoms with van der Waals surface area (Å²) in [5, 5.41) is 4.27. The third-order valence-corrected chi connectivity index (χ3v) is 6.02.